The van der Waals surface area contributed by atoms with E-state index >= 15 is 0 Å². The molecular formula is C18H22O7. The number of carbonyl (C=O) groups is 2. The molecule has 0 amide bonds. The van der Waals surface area contributed by atoms with Gasteiger partial charge in [-0.05, 0) is 37.5 Å². The van der Waals surface area contributed by atoms with Crippen molar-refractivity contribution in [1.29, 1.82) is 0 Å². The summed E-state index contributed by atoms with van der Waals surface area (Å²) in [4.78, 5) is 24.4. The summed E-state index contributed by atoms with van der Waals surface area (Å²) in [5.41, 5.74) is -0.0412. The molecule has 3 atom stereocenters. The fraction of sp³-hybridized carbons (Fsp3) is 0.444. The molecule has 1 aromatic carbocycles. The highest BCUT2D eigenvalue weighted by molar-refractivity contribution is 5.98. The Morgan fingerprint density at radius 3 is 2.56 bits per heavy atom. The minimum Gasteiger partial charge on any atom is -0.508 e. The SMILES string of the molecule is C[C@@H]1CC(O)C(O)CCC=CC(=O)Cc2cc(O)cc(O)c2C(=O)O1. The Bertz CT molecular complexity index is 680. The summed E-state index contributed by atoms with van der Waals surface area (Å²) in [6.07, 6.45) is 0.598. The molecule has 1 heterocycles. The molecule has 0 radical (unpaired) electrons. The van der Waals surface area contributed by atoms with Gasteiger partial charge in [0, 0.05) is 18.9 Å². The topological polar surface area (TPSA) is 124 Å². The van der Waals surface area contributed by atoms with E-state index in [2.05, 4.69) is 0 Å². The summed E-state index contributed by atoms with van der Waals surface area (Å²) in [6, 6.07) is 2.23. The number of fused-ring (bicyclic) bond motifs is 1. The standard InChI is InChI=1S/C18H22O7/c1-10-6-15(22)14(21)5-3-2-4-12(19)7-11-8-13(20)9-16(23)17(11)18(24)25-10/h2,4,8-10,14-15,20-23H,3,5-7H2,1H3/t10-,14?,15?/m1/s1. The number of phenolic OH excluding ortho intramolecular Hbond substituents is 2. The van der Waals surface area contributed by atoms with Crippen molar-refractivity contribution in [3.05, 3.63) is 35.4 Å². The second-order valence-corrected chi connectivity index (χ2v) is 6.21. The Hall–Kier alpha value is -2.38. The Morgan fingerprint density at radius 2 is 1.84 bits per heavy atom. The first-order chi connectivity index (χ1) is 11.8. The number of hydrogen-bond donors (Lipinski definition) is 4. The Kier molecular flexibility index (Phi) is 6.17. The van der Waals surface area contributed by atoms with Crippen molar-refractivity contribution in [3.63, 3.8) is 0 Å². The van der Waals surface area contributed by atoms with Crippen LogP contribution in [0, 0.1) is 0 Å². The maximum absolute atomic E-state index is 12.4. The van der Waals surface area contributed by atoms with E-state index in [0.717, 1.165) is 6.07 Å². The molecule has 0 saturated carbocycles. The van der Waals surface area contributed by atoms with Crippen LogP contribution in [0.15, 0.2) is 24.3 Å². The van der Waals surface area contributed by atoms with Crippen LogP contribution < -0.4 is 0 Å². The molecule has 0 spiro atoms. The molecule has 1 aliphatic rings. The minimum atomic E-state index is -1.08. The van der Waals surface area contributed by atoms with Crippen molar-refractivity contribution in [2.45, 2.75) is 50.9 Å². The van der Waals surface area contributed by atoms with Gasteiger partial charge in [0.05, 0.1) is 12.2 Å². The molecule has 0 bridgehead atoms. The molecule has 2 unspecified atom stereocenters. The van der Waals surface area contributed by atoms with Crippen LogP contribution in [0.25, 0.3) is 0 Å². The van der Waals surface area contributed by atoms with E-state index in [0.29, 0.717) is 6.42 Å². The number of cyclic esters (lactones) is 1. The summed E-state index contributed by atoms with van der Waals surface area (Å²) in [5.74, 6) is -1.96. The fourth-order valence-electron chi connectivity index (χ4n) is 2.75. The second-order valence-electron chi connectivity index (χ2n) is 6.21. The van der Waals surface area contributed by atoms with Gasteiger partial charge in [0.15, 0.2) is 5.78 Å². The number of carbonyl (C=O) groups excluding carboxylic acids is 2. The van der Waals surface area contributed by atoms with Crippen LogP contribution in [0.1, 0.15) is 42.1 Å². The quantitative estimate of drug-likeness (QED) is 0.519. The molecule has 25 heavy (non-hydrogen) atoms. The van der Waals surface area contributed by atoms with Gasteiger partial charge in [0.2, 0.25) is 0 Å². The number of rotatable bonds is 0. The number of hydrogen-bond acceptors (Lipinski definition) is 7. The van der Waals surface area contributed by atoms with E-state index in [9.17, 15) is 30.0 Å². The molecule has 0 fully saturated rings. The van der Waals surface area contributed by atoms with Gasteiger partial charge in [-0.15, -0.1) is 0 Å². The number of aliphatic hydroxyl groups is 2. The number of esters is 1. The lowest BCUT2D eigenvalue weighted by Crippen LogP contribution is -2.31. The van der Waals surface area contributed by atoms with Gasteiger partial charge in [-0.25, -0.2) is 4.79 Å². The van der Waals surface area contributed by atoms with Crippen molar-refractivity contribution in [3.8, 4) is 11.5 Å². The highest BCUT2D eigenvalue weighted by atomic mass is 16.5. The summed E-state index contributed by atoms with van der Waals surface area (Å²) >= 11 is 0. The third-order valence-corrected chi connectivity index (χ3v) is 4.01. The summed E-state index contributed by atoms with van der Waals surface area (Å²) < 4.78 is 5.22. The minimum absolute atomic E-state index is 0.0315. The van der Waals surface area contributed by atoms with Crippen LogP contribution in [-0.2, 0) is 16.0 Å². The monoisotopic (exact) mass is 350 g/mol. The Labute approximate surface area is 145 Å². The molecule has 0 aliphatic carbocycles. The predicted molar refractivity (Wildman–Crippen MR) is 88.4 cm³/mol. The highest BCUT2D eigenvalue weighted by Crippen LogP contribution is 2.29. The predicted octanol–water partition coefficient (Wildman–Crippen LogP) is 1.22. The van der Waals surface area contributed by atoms with Gasteiger partial charge in [-0.1, -0.05) is 6.08 Å². The van der Waals surface area contributed by atoms with E-state index in [1.165, 1.54) is 12.1 Å². The number of allylic oxidation sites excluding steroid dienone is 2. The first-order valence-electron chi connectivity index (χ1n) is 8.09. The zero-order valence-electron chi connectivity index (χ0n) is 13.9. The third-order valence-electron chi connectivity index (χ3n) is 4.01. The molecule has 1 aliphatic heterocycles. The van der Waals surface area contributed by atoms with Crippen LogP contribution in [0.4, 0.5) is 0 Å². The van der Waals surface area contributed by atoms with E-state index in [4.69, 9.17) is 4.74 Å². The summed E-state index contributed by atoms with van der Waals surface area (Å²) in [7, 11) is 0. The number of ketones is 1. The first-order valence-corrected chi connectivity index (χ1v) is 8.09. The Morgan fingerprint density at radius 1 is 1.12 bits per heavy atom. The first kappa shape index (κ1) is 19.0. The van der Waals surface area contributed by atoms with Crippen LogP contribution in [0.2, 0.25) is 0 Å². The lowest BCUT2D eigenvalue weighted by molar-refractivity contribution is -0.114. The molecule has 2 rings (SSSR count). The molecule has 7 heteroatoms. The normalized spacial score (nSPS) is 25.8. The molecule has 4 N–H and O–H groups in total. The van der Waals surface area contributed by atoms with Gasteiger partial charge in [-0.2, -0.15) is 0 Å². The number of aliphatic hydroxyl groups excluding tert-OH is 2. The molecule has 7 nitrogen and oxygen atoms in total. The molecule has 0 aromatic heterocycles. The second kappa shape index (κ2) is 8.13. The van der Waals surface area contributed by atoms with Crippen LogP contribution >= 0.6 is 0 Å². The number of aromatic hydroxyl groups is 2. The fourth-order valence-corrected chi connectivity index (χ4v) is 2.75. The van der Waals surface area contributed by atoms with Crippen molar-refractivity contribution >= 4 is 11.8 Å². The number of phenols is 2. The lowest BCUT2D eigenvalue weighted by atomic mass is 9.99. The largest absolute Gasteiger partial charge is 0.508 e. The van der Waals surface area contributed by atoms with E-state index in [1.54, 1.807) is 13.0 Å². The number of benzene rings is 1. The maximum Gasteiger partial charge on any atom is 0.342 e. The smallest absolute Gasteiger partial charge is 0.342 e. The van der Waals surface area contributed by atoms with Crippen molar-refractivity contribution in [2.75, 3.05) is 0 Å². The van der Waals surface area contributed by atoms with E-state index < -0.39 is 30.0 Å². The van der Waals surface area contributed by atoms with Crippen molar-refractivity contribution in [1.82, 2.24) is 0 Å². The van der Waals surface area contributed by atoms with Gasteiger partial charge >= 0.3 is 5.97 Å². The van der Waals surface area contributed by atoms with Crippen LogP contribution in [0.3, 0.4) is 0 Å². The summed E-state index contributed by atoms with van der Waals surface area (Å²) in [5, 5.41) is 39.5. The van der Waals surface area contributed by atoms with E-state index in [-0.39, 0.29) is 41.9 Å². The zero-order chi connectivity index (χ0) is 18.6. The Balaban J connectivity index is 2.38. The van der Waals surface area contributed by atoms with Crippen LogP contribution in [-0.4, -0.2) is 50.5 Å². The van der Waals surface area contributed by atoms with Crippen molar-refractivity contribution in [2.24, 2.45) is 0 Å². The van der Waals surface area contributed by atoms with Gasteiger partial charge in [0.1, 0.15) is 23.2 Å². The average molecular weight is 350 g/mol. The molecule has 0 saturated heterocycles. The number of ether oxygens (including phenoxy) is 1. The van der Waals surface area contributed by atoms with Gasteiger partial charge < -0.3 is 25.2 Å². The van der Waals surface area contributed by atoms with Gasteiger partial charge in [0.25, 0.3) is 0 Å². The average Bonchev–Trinajstić information content (AvgIpc) is 2.49. The maximum atomic E-state index is 12.4. The zero-order valence-corrected chi connectivity index (χ0v) is 13.9. The third kappa shape index (κ3) is 5.04. The highest BCUT2D eigenvalue weighted by Gasteiger charge is 2.25. The molecular weight excluding hydrogens is 328 g/mol. The summed E-state index contributed by atoms with van der Waals surface area (Å²) in [6.45, 7) is 1.56. The molecule has 136 valence electrons. The van der Waals surface area contributed by atoms with Gasteiger partial charge in [-0.3, -0.25) is 4.79 Å². The molecule has 1 aromatic rings. The lowest BCUT2D eigenvalue weighted by Gasteiger charge is -2.22. The van der Waals surface area contributed by atoms with Crippen LogP contribution in [0.5, 0.6) is 11.5 Å². The van der Waals surface area contributed by atoms with E-state index in [1.807, 2.05) is 0 Å². The van der Waals surface area contributed by atoms with Crippen molar-refractivity contribution < 1.29 is 34.8 Å².